The van der Waals surface area contributed by atoms with Crippen molar-refractivity contribution < 1.29 is 19.1 Å². The van der Waals surface area contributed by atoms with Crippen LogP contribution in [0.5, 0.6) is 0 Å². The van der Waals surface area contributed by atoms with Gasteiger partial charge in [-0.1, -0.05) is 0 Å². The number of carboxylic acid groups (broad SMARTS) is 1. The first-order valence-electron chi connectivity index (χ1n) is 3.33. The van der Waals surface area contributed by atoms with Crippen LogP contribution in [-0.2, 0) is 4.79 Å². The Balaban J connectivity index is 3.11. The van der Waals surface area contributed by atoms with Gasteiger partial charge in [-0.05, 0) is 18.2 Å². The predicted molar refractivity (Wildman–Crippen MR) is 40.1 cm³/mol. The molecule has 2 N–H and O–H groups in total. The van der Waals surface area contributed by atoms with Crippen LogP contribution in [0.15, 0.2) is 18.2 Å². The van der Waals surface area contributed by atoms with Gasteiger partial charge in [0.2, 0.25) is 5.78 Å². The number of hydrogen-bond donors (Lipinski definition) is 1. The molecule has 0 spiro atoms. The molecule has 0 aliphatic rings. The number of ketones is 1. The summed E-state index contributed by atoms with van der Waals surface area (Å²) < 4.78 is 12.6. The van der Waals surface area contributed by atoms with Crippen molar-refractivity contribution in [3.8, 4) is 0 Å². The lowest BCUT2D eigenvalue weighted by molar-refractivity contribution is -0.296. The van der Waals surface area contributed by atoms with Gasteiger partial charge in [0.15, 0.2) is 0 Å². The lowest BCUT2D eigenvalue weighted by atomic mass is 10.1. The van der Waals surface area contributed by atoms with E-state index in [9.17, 15) is 19.1 Å². The van der Waals surface area contributed by atoms with E-state index in [1.807, 2.05) is 0 Å². The third-order valence-corrected chi connectivity index (χ3v) is 1.44. The lowest BCUT2D eigenvalue weighted by Gasteiger charge is -2.02. The van der Waals surface area contributed by atoms with Gasteiger partial charge < -0.3 is 15.6 Å². The normalized spacial score (nSPS) is 9.62. The third kappa shape index (κ3) is 1.81. The number of rotatable bonds is 2. The standard InChI is InChI=1S/C8H6FNO3/c9-5-2-1-4(3-6(5)10)7(11)8(12)13/h1-3H,10H2,(H,12,13)/p-1. The van der Waals surface area contributed by atoms with Crippen LogP contribution in [0.4, 0.5) is 10.1 Å². The fraction of sp³-hybridized carbons (Fsp3) is 0. The fourth-order valence-electron chi connectivity index (χ4n) is 0.803. The third-order valence-electron chi connectivity index (χ3n) is 1.44. The van der Waals surface area contributed by atoms with Crippen LogP contribution in [0.1, 0.15) is 10.4 Å². The van der Waals surface area contributed by atoms with Crippen molar-refractivity contribution in [1.29, 1.82) is 0 Å². The minimum absolute atomic E-state index is 0.195. The molecular weight excluding hydrogens is 177 g/mol. The number of carbonyl (C=O) groups excluding carboxylic acids is 2. The van der Waals surface area contributed by atoms with E-state index in [4.69, 9.17) is 5.73 Å². The molecule has 0 unspecified atom stereocenters. The Bertz CT molecular complexity index is 376. The first-order valence-corrected chi connectivity index (χ1v) is 3.33. The summed E-state index contributed by atoms with van der Waals surface area (Å²) in [6.45, 7) is 0. The molecule has 0 heterocycles. The number of nitrogens with two attached hydrogens (primary N) is 1. The number of hydrogen-bond acceptors (Lipinski definition) is 4. The Kier molecular flexibility index (Phi) is 2.27. The number of Topliss-reactive ketones (excluding diaryl/α,β-unsaturated/α-hetero) is 1. The predicted octanol–water partition coefficient (Wildman–Crippen LogP) is -0.659. The molecule has 1 rings (SSSR count). The van der Waals surface area contributed by atoms with Crippen molar-refractivity contribution in [2.75, 3.05) is 5.73 Å². The summed E-state index contributed by atoms with van der Waals surface area (Å²) in [5.74, 6) is -3.76. The van der Waals surface area contributed by atoms with Crippen LogP contribution in [-0.4, -0.2) is 11.8 Å². The fourth-order valence-corrected chi connectivity index (χ4v) is 0.803. The zero-order valence-corrected chi connectivity index (χ0v) is 6.41. The topological polar surface area (TPSA) is 83.2 Å². The monoisotopic (exact) mass is 182 g/mol. The van der Waals surface area contributed by atoms with Crippen molar-refractivity contribution in [2.45, 2.75) is 0 Å². The highest BCUT2D eigenvalue weighted by Crippen LogP contribution is 2.12. The van der Waals surface area contributed by atoms with Crippen LogP contribution in [0.25, 0.3) is 0 Å². The molecule has 0 bridgehead atoms. The average molecular weight is 182 g/mol. The zero-order chi connectivity index (χ0) is 10.0. The second-order valence-corrected chi connectivity index (χ2v) is 2.35. The van der Waals surface area contributed by atoms with E-state index >= 15 is 0 Å². The van der Waals surface area contributed by atoms with Crippen LogP contribution < -0.4 is 10.8 Å². The summed E-state index contributed by atoms with van der Waals surface area (Å²) in [5, 5.41) is 10.1. The number of aliphatic carboxylic acids is 1. The number of anilines is 1. The number of carbonyl (C=O) groups is 2. The van der Waals surface area contributed by atoms with Crippen molar-refractivity contribution in [3.05, 3.63) is 29.6 Å². The van der Waals surface area contributed by atoms with Crippen LogP contribution in [0, 0.1) is 5.82 Å². The molecule has 5 heteroatoms. The molecule has 0 amide bonds. The van der Waals surface area contributed by atoms with Crippen molar-refractivity contribution >= 4 is 17.4 Å². The smallest absolute Gasteiger partial charge is 0.208 e. The Morgan fingerprint density at radius 2 is 2.00 bits per heavy atom. The number of carboxylic acids is 1. The summed E-state index contributed by atoms with van der Waals surface area (Å²) in [5.41, 5.74) is 4.65. The zero-order valence-electron chi connectivity index (χ0n) is 6.41. The minimum atomic E-state index is -1.84. The second kappa shape index (κ2) is 3.22. The highest BCUT2D eigenvalue weighted by molar-refractivity contribution is 6.39. The van der Waals surface area contributed by atoms with Gasteiger partial charge in [0, 0.05) is 5.56 Å². The molecule has 13 heavy (non-hydrogen) atoms. The maximum absolute atomic E-state index is 12.6. The first-order chi connectivity index (χ1) is 6.02. The quantitative estimate of drug-likeness (QED) is 0.374. The molecule has 0 aliphatic heterocycles. The first kappa shape index (κ1) is 9.18. The summed E-state index contributed by atoms with van der Waals surface area (Å²) in [7, 11) is 0. The van der Waals surface area contributed by atoms with Gasteiger partial charge in [-0.3, -0.25) is 4.79 Å². The summed E-state index contributed by atoms with van der Waals surface area (Å²) in [4.78, 5) is 20.9. The van der Waals surface area contributed by atoms with Gasteiger partial charge in [-0.2, -0.15) is 0 Å². The van der Waals surface area contributed by atoms with Gasteiger partial charge in [0.1, 0.15) is 11.8 Å². The number of nitrogen functional groups attached to an aromatic ring is 1. The van der Waals surface area contributed by atoms with Crippen LogP contribution >= 0.6 is 0 Å². The Morgan fingerprint density at radius 3 is 2.46 bits per heavy atom. The van der Waals surface area contributed by atoms with E-state index in [-0.39, 0.29) is 11.3 Å². The van der Waals surface area contributed by atoms with E-state index in [2.05, 4.69) is 0 Å². The summed E-state index contributed by atoms with van der Waals surface area (Å²) in [6.07, 6.45) is 0. The average Bonchev–Trinajstić information content (AvgIpc) is 2.08. The van der Waals surface area contributed by atoms with Gasteiger partial charge >= 0.3 is 0 Å². The molecule has 0 aliphatic carbocycles. The largest absolute Gasteiger partial charge is 0.541 e. The Hall–Kier alpha value is -1.91. The summed E-state index contributed by atoms with van der Waals surface area (Å²) >= 11 is 0. The number of benzene rings is 1. The molecule has 0 radical (unpaired) electrons. The van der Waals surface area contributed by atoms with Crippen LogP contribution in [0.2, 0.25) is 0 Å². The van der Waals surface area contributed by atoms with Gasteiger partial charge in [0.05, 0.1) is 5.69 Å². The Labute approximate surface area is 72.8 Å². The van der Waals surface area contributed by atoms with E-state index < -0.39 is 17.6 Å². The van der Waals surface area contributed by atoms with E-state index in [0.29, 0.717) is 0 Å². The summed E-state index contributed by atoms with van der Waals surface area (Å²) in [6, 6.07) is 2.91. The Morgan fingerprint density at radius 1 is 1.38 bits per heavy atom. The lowest BCUT2D eigenvalue weighted by Crippen LogP contribution is -2.31. The molecule has 68 valence electrons. The van der Waals surface area contributed by atoms with Crippen LogP contribution in [0.3, 0.4) is 0 Å². The molecule has 1 aromatic rings. The highest BCUT2D eigenvalue weighted by atomic mass is 19.1. The number of halogens is 1. The van der Waals surface area contributed by atoms with Gasteiger partial charge in [-0.25, -0.2) is 4.39 Å². The molecule has 0 fully saturated rings. The van der Waals surface area contributed by atoms with Crippen molar-refractivity contribution in [3.63, 3.8) is 0 Å². The highest BCUT2D eigenvalue weighted by Gasteiger charge is 2.08. The maximum Gasteiger partial charge on any atom is 0.208 e. The van der Waals surface area contributed by atoms with E-state index in [1.165, 1.54) is 0 Å². The van der Waals surface area contributed by atoms with Crippen molar-refractivity contribution in [2.24, 2.45) is 0 Å². The van der Waals surface area contributed by atoms with Gasteiger partial charge in [0.25, 0.3) is 0 Å². The molecular formula is C8H5FNO3-. The van der Waals surface area contributed by atoms with Crippen molar-refractivity contribution in [1.82, 2.24) is 0 Å². The molecule has 0 atom stereocenters. The van der Waals surface area contributed by atoms with Gasteiger partial charge in [-0.15, -0.1) is 0 Å². The minimum Gasteiger partial charge on any atom is -0.541 e. The second-order valence-electron chi connectivity index (χ2n) is 2.35. The molecule has 1 aromatic carbocycles. The molecule has 0 saturated carbocycles. The van der Waals surface area contributed by atoms with E-state index in [1.54, 1.807) is 0 Å². The maximum atomic E-state index is 12.6. The van der Waals surface area contributed by atoms with E-state index in [0.717, 1.165) is 18.2 Å². The molecule has 4 nitrogen and oxygen atoms in total. The SMILES string of the molecule is Nc1cc(C(=O)C(=O)[O-])ccc1F. The molecule has 0 aromatic heterocycles. The molecule has 0 saturated heterocycles.